The maximum absolute atomic E-state index is 11.0. The van der Waals surface area contributed by atoms with E-state index in [1.54, 1.807) is 30.1 Å². The van der Waals surface area contributed by atoms with E-state index in [4.69, 9.17) is 11.6 Å². The van der Waals surface area contributed by atoms with Crippen LogP contribution in [0, 0.1) is 10.1 Å². The summed E-state index contributed by atoms with van der Waals surface area (Å²) in [6.45, 7) is 2.54. The second-order valence-electron chi connectivity index (χ2n) is 4.24. The molecule has 0 amide bonds. The molecule has 1 N–H and O–H groups in total. The first-order chi connectivity index (χ1) is 10.1. The minimum atomic E-state index is -0.379. The Morgan fingerprint density at radius 1 is 1.38 bits per heavy atom. The van der Waals surface area contributed by atoms with E-state index in [0.29, 0.717) is 23.0 Å². The zero-order valence-electron chi connectivity index (χ0n) is 11.4. The van der Waals surface area contributed by atoms with Crippen molar-refractivity contribution in [3.05, 3.63) is 57.2 Å². The molecule has 7 heteroatoms. The number of aromatic nitrogens is 1. The van der Waals surface area contributed by atoms with Crippen LogP contribution < -0.4 is 5.32 Å². The van der Waals surface area contributed by atoms with Crippen molar-refractivity contribution in [3.63, 3.8) is 0 Å². The first kappa shape index (κ1) is 15.6. The third kappa shape index (κ3) is 4.34. The van der Waals surface area contributed by atoms with Crippen molar-refractivity contribution in [2.75, 3.05) is 11.9 Å². The highest BCUT2D eigenvalue weighted by Crippen LogP contribution is 2.28. The van der Waals surface area contributed by atoms with E-state index in [9.17, 15) is 10.1 Å². The maximum Gasteiger partial charge on any atom is 0.292 e. The Morgan fingerprint density at radius 3 is 2.81 bits per heavy atom. The third-order valence-corrected chi connectivity index (χ3v) is 3.95. The quantitative estimate of drug-likeness (QED) is 0.486. The fraction of sp³-hybridized carbons (Fsp3) is 0.214. The number of rotatable bonds is 6. The Kier molecular flexibility index (Phi) is 5.41. The van der Waals surface area contributed by atoms with Crippen molar-refractivity contribution in [3.8, 4) is 0 Å². The molecule has 0 spiro atoms. The summed E-state index contributed by atoms with van der Waals surface area (Å²) in [7, 11) is 0. The van der Waals surface area contributed by atoms with Gasteiger partial charge in [-0.05, 0) is 30.7 Å². The van der Waals surface area contributed by atoms with Gasteiger partial charge in [0.1, 0.15) is 5.69 Å². The third-order valence-electron chi connectivity index (χ3n) is 2.71. The molecule has 5 nitrogen and oxygen atoms in total. The lowest BCUT2D eigenvalue weighted by Crippen LogP contribution is -2.01. The average Bonchev–Trinajstić information content (AvgIpc) is 2.47. The first-order valence-electron chi connectivity index (χ1n) is 6.35. The summed E-state index contributed by atoms with van der Waals surface area (Å²) in [5.41, 5.74) is 1.64. The van der Waals surface area contributed by atoms with E-state index in [-0.39, 0.29) is 10.6 Å². The number of nitro groups is 1. The number of pyridine rings is 1. The molecule has 0 aliphatic heterocycles. The van der Waals surface area contributed by atoms with Gasteiger partial charge in [-0.25, -0.2) is 4.98 Å². The van der Waals surface area contributed by atoms with Crippen LogP contribution in [0.5, 0.6) is 0 Å². The number of hydrogen-bond acceptors (Lipinski definition) is 5. The van der Waals surface area contributed by atoms with Gasteiger partial charge >= 0.3 is 0 Å². The SMILES string of the molecule is CCNc1cc(CSc2ccc(Cl)cn2)ccc1[N+](=O)[O-]. The Morgan fingerprint density at radius 2 is 2.19 bits per heavy atom. The molecule has 1 heterocycles. The number of nitrogens with one attached hydrogen (secondary N) is 1. The van der Waals surface area contributed by atoms with Gasteiger partial charge < -0.3 is 5.32 Å². The summed E-state index contributed by atoms with van der Waals surface area (Å²) >= 11 is 7.34. The average molecular weight is 324 g/mol. The van der Waals surface area contributed by atoms with Crippen molar-refractivity contribution in [1.29, 1.82) is 0 Å². The lowest BCUT2D eigenvalue weighted by molar-refractivity contribution is -0.384. The lowest BCUT2D eigenvalue weighted by Gasteiger charge is -2.07. The van der Waals surface area contributed by atoms with Gasteiger partial charge in [0.25, 0.3) is 5.69 Å². The number of halogens is 1. The molecule has 0 saturated heterocycles. The van der Waals surface area contributed by atoms with Gasteiger partial charge in [0.05, 0.1) is 15.0 Å². The fourth-order valence-corrected chi connectivity index (χ4v) is 2.67. The Bertz CT molecular complexity index is 635. The minimum Gasteiger partial charge on any atom is -0.380 e. The molecule has 0 fully saturated rings. The van der Waals surface area contributed by atoms with E-state index in [1.165, 1.54) is 6.07 Å². The van der Waals surface area contributed by atoms with Crippen molar-refractivity contribution in [1.82, 2.24) is 4.98 Å². The van der Waals surface area contributed by atoms with Crippen LogP contribution in [-0.2, 0) is 5.75 Å². The van der Waals surface area contributed by atoms with Crippen molar-refractivity contribution in [2.45, 2.75) is 17.7 Å². The first-order valence-corrected chi connectivity index (χ1v) is 7.72. The van der Waals surface area contributed by atoms with Gasteiger partial charge in [-0.3, -0.25) is 10.1 Å². The van der Waals surface area contributed by atoms with E-state index >= 15 is 0 Å². The van der Waals surface area contributed by atoms with Gasteiger partial charge in [0.15, 0.2) is 0 Å². The normalized spacial score (nSPS) is 10.4. The van der Waals surface area contributed by atoms with Crippen LogP contribution in [0.4, 0.5) is 11.4 Å². The minimum absolute atomic E-state index is 0.0928. The Hall–Kier alpha value is -1.79. The van der Waals surface area contributed by atoms with Crippen LogP contribution >= 0.6 is 23.4 Å². The molecule has 2 aromatic rings. The van der Waals surface area contributed by atoms with Crippen LogP contribution in [0.1, 0.15) is 12.5 Å². The van der Waals surface area contributed by atoms with E-state index < -0.39 is 0 Å². The molecule has 1 aromatic carbocycles. The molecule has 0 aliphatic rings. The predicted molar refractivity (Wildman–Crippen MR) is 86.1 cm³/mol. The number of thioether (sulfide) groups is 1. The lowest BCUT2D eigenvalue weighted by atomic mass is 10.2. The molecular formula is C14H14ClN3O2S. The Labute approximate surface area is 131 Å². The second kappa shape index (κ2) is 7.28. The molecule has 0 unspecified atom stereocenters. The standard InChI is InChI=1S/C14H14ClN3O2S/c1-2-16-12-7-10(3-5-13(12)18(19)20)9-21-14-6-4-11(15)8-17-14/h3-8,16H,2,9H2,1H3. The number of anilines is 1. The van der Waals surface area contributed by atoms with Gasteiger partial charge in [-0.15, -0.1) is 11.8 Å². The summed E-state index contributed by atoms with van der Waals surface area (Å²) in [4.78, 5) is 14.8. The Balaban J connectivity index is 2.11. The highest BCUT2D eigenvalue weighted by Gasteiger charge is 2.13. The van der Waals surface area contributed by atoms with Crippen molar-refractivity contribution in [2.24, 2.45) is 0 Å². The molecule has 0 saturated carbocycles. The molecule has 110 valence electrons. The molecule has 0 atom stereocenters. The molecule has 21 heavy (non-hydrogen) atoms. The second-order valence-corrected chi connectivity index (χ2v) is 5.67. The summed E-state index contributed by atoms with van der Waals surface area (Å²) in [6, 6.07) is 8.75. The van der Waals surface area contributed by atoms with Crippen LogP contribution in [-0.4, -0.2) is 16.5 Å². The molecule has 0 radical (unpaired) electrons. The van der Waals surface area contributed by atoms with Crippen LogP contribution in [0.3, 0.4) is 0 Å². The zero-order valence-corrected chi connectivity index (χ0v) is 12.9. The maximum atomic E-state index is 11.0. The number of benzene rings is 1. The zero-order chi connectivity index (χ0) is 15.2. The molecular weight excluding hydrogens is 310 g/mol. The molecule has 2 rings (SSSR count). The monoisotopic (exact) mass is 323 g/mol. The summed E-state index contributed by atoms with van der Waals surface area (Å²) < 4.78 is 0. The molecule has 0 aliphatic carbocycles. The van der Waals surface area contributed by atoms with E-state index in [0.717, 1.165) is 10.6 Å². The van der Waals surface area contributed by atoms with Gasteiger partial charge in [0, 0.05) is 24.6 Å². The van der Waals surface area contributed by atoms with Gasteiger partial charge in [-0.1, -0.05) is 17.7 Å². The summed E-state index contributed by atoms with van der Waals surface area (Å²) in [5, 5.41) is 15.4. The smallest absolute Gasteiger partial charge is 0.292 e. The van der Waals surface area contributed by atoms with Crippen LogP contribution in [0.15, 0.2) is 41.6 Å². The van der Waals surface area contributed by atoms with E-state index in [2.05, 4.69) is 10.3 Å². The van der Waals surface area contributed by atoms with Gasteiger partial charge in [0.2, 0.25) is 0 Å². The van der Waals surface area contributed by atoms with Crippen molar-refractivity contribution >= 4 is 34.7 Å². The van der Waals surface area contributed by atoms with Gasteiger partial charge in [-0.2, -0.15) is 0 Å². The number of nitro benzene ring substituents is 1. The van der Waals surface area contributed by atoms with Crippen molar-refractivity contribution < 1.29 is 4.92 Å². The van der Waals surface area contributed by atoms with Crippen LogP contribution in [0.25, 0.3) is 0 Å². The molecule has 0 bridgehead atoms. The summed E-state index contributed by atoms with van der Waals surface area (Å²) in [5.74, 6) is 0.686. The molecule has 1 aromatic heterocycles. The fourth-order valence-electron chi connectivity index (χ4n) is 1.77. The predicted octanol–water partition coefficient (Wildman–Crippen LogP) is 4.37. The highest BCUT2D eigenvalue weighted by atomic mass is 35.5. The van der Waals surface area contributed by atoms with E-state index in [1.807, 2.05) is 19.1 Å². The van der Waals surface area contributed by atoms with Crippen LogP contribution in [0.2, 0.25) is 5.02 Å². The highest BCUT2D eigenvalue weighted by molar-refractivity contribution is 7.98. The largest absolute Gasteiger partial charge is 0.380 e. The number of hydrogen-bond donors (Lipinski definition) is 1. The summed E-state index contributed by atoms with van der Waals surface area (Å²) in [6.07, 6.45) is 1.60. The topological polar surface area (TPSA) is 68.1 Å². The number of nitrogens with zero attached hydrogens (tertiary/aromatic N) is 2.